The van der Waals surface area contributed by atoms with Crippen LogP contribution in [-0.4, -0.2) is 37.3 Å². The van der Waals surface area contributed by atoms with Crippen LogP contribution in [0.25, 0.3) is 16.3 Å². The molecule has 174 valence electrons. The fraction of sp³-hybridized carbons (Fsp3) is 0.174. The highest BCUT2D eigenvalue weighted by Gasteiger charge is 2.14. The normalized spacial score (nSPS) is 11.2. The SMILES string of the molecule is CCn1c(CNC(=O)/C=C/c2ccccc2Cl)nnc1SCC(=O)Nc1nc2ccccc2s1. The predicted molar refractivity (Wildman–Crippen MR) is 137 cm³/mol. The van der Waals surface area contributed by atoms with Crippen molar-refractivity contribution in [1.29, 1.82) is 0 Å². The lowest BCUT2D eigenvalue weighted by Gasteiger charge is -2.07. The summed E-state index contributed by atoms with van der Waals surface area (Å²) in [6.45, 7) is 2.78. The summed E-state index contributed by atoms with van der Waals surface area (Å²) in [6, 6.07) is 15.0. The van der Waals surface area contributed by atoms with Crippen LogP contribution in [0.2, 0.25) is 5.02 Å². The molecule has 2 aromatic heterocycles. The zero-order chi connectivity index (χ0) is 23.9. The van der Waals surface area contributed by atoms with Crippen molar-refractivity contribution in [1.82, 2.24) is 25.1 Å². The second-order valence-electron chi connectivity index (χ2n) is 7.04. The van der Waals surface area contributed by atoms with Gasteiger partial charge in [0.25, 0.3) is 0 Å². The highest BCUT2D eigenvalue weighted by Crippen LogP contribution is 2.26. The first-order valence-electron chi connectivity index (χ1n) is 10.4. The van der Waals surface area contributed by atoms with Crippen molar-refractivity contribution in [2.45, 2.75) is 25.2 Å². The Kier molecular flexibility index (Phi) is 7.94. The number of thiazole rings is 1. The van der Waals surface area contributed by atoms with E-state index in [1.165, 1.54) is 29.2 Å². The molecule has 11 heteroatoms. The van der Waals surface area contributed by atoms with Gasteiger partial charge in [-0.05, 0) is 36.8 Å². The number of halogens is 1. The molecule has 4 rings (SSSR count). The number of fused-ring (bicyclic) bond motifs is 1. The maximum atomic E-state index is 12.4. The minimum absolute atomic E-state index is 0.168. The van der Waals surface area contributed by atoms with Crippen molar-refractivity contribution in [2.75, 3.05) is 11.1 Å². The van der Waals surface area contributed by atoms with Crippen molar-refractivity contribution in [3.05, 3.63) is 71.0 Å². The molecule has 0 radical (unpaired) electrons. The lowest BCUT2D eigenvalue weighted by molar-refractivity contribution is -0.116. The first kappa shape index (κ1) is 23.9. The number of amides is 2. The third-order valence-electron chi connectivity index (χ3n) is 4.72. The molecule has 2 N–H and O–H groups in total. The largest absolute Gasteiger partial charge is 0.345 e. The molecule has 0 fully saturated rings. The molecule has 0 spiro atoms. The molecule has 0 aliphatic rings. The molecule has 0 aliphatic carbocycles. The molecule has 0 saturated carbocycles. The Bertz CT molecular complexity index is 1320. The number of thioether (sulfide) groups is 1. The van der Waals surface area contributed by atoms with Gasteiger partial charge in [-0.2, -0.15) is 0 Å². The molecule has 2 aromatic carbocycles. The van der Waals surface area contributed by atoms with Crippen LogP contribution in [0.1, 0.15) is 18.3 Å². The molecule has 0 atom stereocenters. The predicted octanol–water partition coefficient (Wildman–Crippen LogP) is 4.62. The maximum absolute atomic E-state index is 12.4. The second kappa shape index (κ2) is 11.3. The first-order chi connectivity index (χ1) is 16.5. The number of carbonyl (C=O) groups excluding carboxylic acids is 2. The van der Waals surface area contributed by atoms with Crippen LogP contribution in [-0.2, 0) is 22.7 Å². The van der Waals surface area contributed by atoms with Gasteiger partial charge in [0.2, 0.25) is 11.8 Å². The Morgan fingerprint density at radius 2 is 1.94 bits per heavy atom. The summed E-state index contributed by atoms with van der Waals surface area (Å²) < 4.78 is 2.89. The van der Waals surface area contributed by atoms with E-state index in [0.29, 0.717) is 27.7 Å². The van der Waals surface area contributed by atoms with E-state index in [-0.39, 0.29) is 24.1 Å². The fourth-order valence-electron chi connectivity index (χ4n) is 3.09. The molecule has 2 heterocycles. The average molecular weight is 513 g/mol. The lowest BCUT2D eigenvalue weighted by atomic mass is 10.2. The number of para-hydroxylation sites is 1. The van der Waals surface area contributed by atoms with Gasteiger partial charge in [0.1, 0.15) is 0 Å². The number of nitrogens with one attached hydrogen (secondary N) is 2. The summed E-state index contributed by atoms with van der Waals surface area (Å²) in [7, 11) is 0. The highest BCUT2D eigenvalue weighted by molar-refractivity contribution is 7.99. The number of hydrogen-bond donors (Lipinski definition) is 2. The van der Waals surface area contributed by atoms with Gasteiger partial charge in [-0.1, -0.05) is 65.0 Å². The summed E-state index contributed by atoms with van der Waals surface area (Å²) in [5, 5.41) is 15.7. The van der Waals surface area contributed by atoms with Crippen LogP contribution in [0.5, 0.6) is 0 Å². The monoisotopic (exact) mass is 512 g/mol. The van der Waals surface area contributed by atoms with E-state index in [9.17, 15) is 9.59 Å². The maximum Gasteiger partial charge on any atom is 0.244 e. The van der Waals surface area contributed by atoms with Crippen molar-refractivity contribution < 1.29 is 9.59 Å². The van der Waals surface area contributed by atoms with Gasteiger partial charge < -0.3 is 15.2 Å². The van der Waals surface area contributed by atoms with Gasteiger partial charge in [0, 0.05) is 17.6 Å². The van der Waals surface area contributed by atoms with Crippen molar-refractivity contribution in [3.8, 4) is 0 Å². The Hall–Kier alpha value is -3.21. The number of anilines is 1. The Morgan fingerprint density at radius 3 is 2.74 bits per heavy atom. The molecule has 0 bridgehead atoms. The van der Waals surface area contributed by atoms with Crippen LogP contribution in [0.4, 0.5) is 5.13 Å². The smallest absolute Gasteiger partial charge is 0.244 e. The number of nitrogens with zero attached hydrogens (tertiary/aromatic N) is 4. The zero-order valence-electron chi connectivity index (χ0n) is 18.2. The molecule has 0 unspecified atom stereocenters. The van der Waals surface area contributed by atoms with Gasteiger partial charge >= 0.3 is 0 Å². The van der Waals surface area contributed by atoms with E-state index in [1.807, 2.05) is 54.0 Å². The summed E-state index contributed by atoms with van der Waals surface area (Å²) in [6.07, 6.45) is 3.09. The zero-order valence-corrected chi connectivity index (χ0v) is 20.6. The molecular formula is C23H21ClN6O2S2. The number of rotatable bonds is 9. The molecule has 0 saturated heterocycles. The molecular weight excluding hydrogens is 492 g/mol. The number of benzene rings is 2. The van der Waals surface area contributed by atoms with Gasteiger partial charge in [0.05, 0.1) is 22.5 Å². The number of carbonyl (C=O) groups is 2. The molecule has 8 nitrogen and oxygen atoms in total. The van der Waals surface area contributed by atoms with E-state index >= 15 is 0 Å². The molecule has 34 heavy (non-hydrogen) atoms. The van der Waals surface area contributed by atoms with Crippen LogP contribution in [0.15, 0.2) is 59.8 Å². The summed E-state index contributed by atoms with van der Waals surface area (Å²) >= 11 is 8.82. The minimum Gasteiger partial charge on any atom is -0.345 e. The summed E-state index contributed by atoms with van der Waals surface area (Å²) in [4.78, 5) is 29.0. The van der Waals surface area contributed by atoms with Crippen LogP contribution < -0.4 is 10.6 Å². The van der Waals surface area contributed by atoms with E-state index < -0.39 is 0 Å². The minimum atomic E-state index is -0.269. The van der Waals surface area contributed by atoms with E-state index in [4.69, 9.17) is 11.6 Å². The topological polar surface area (TPSA) is 102 Å². The van der Waals surface area contributed by atoms with Crippen LogP contribution in [0.3, 0.4) is 0 Å². The summed E-state index contributed by atoms with van der Waals surface area (Å²) in [5.41, 5.74) is 1.62. The van der Waals surface area contributed by atoms with Crippen LogP contribution >= 0.6 is 34.7 Å². The van der Waals surface area contributed by atoms with Crippen molar-refractivity contribution in [2.24, 2.45) is 0 Å². The average Bonchev–Trinajstić information content (AvgIpc) is 3.43. The Morgan fingerprint density at radius 1 is 1.15 bits per heavy atom. The standard InChI is InChI=1S/C23H21ClN6O2S2/c1-2-30-19(13-25-20(31)12-11-15-7-3-4-8-16(15)24)28-29-23(30)33-14-21(32)27-22-26-17-9-5-6-10-18(17)34-22/h3-12H,2,13-14H2,1H3,(H,25,31)(H,26,27,32)/b12-11+. The van der Waals surface area contributed by atoms with Gasteiger partial charge in [0.15, 0.2) is 16.1 Å². The molecule has 4 aromatic rings. The molecule has 2 amide bonds. The Balaban J connectivity index is 1.30. The van der Waals surface area contributed by atoms with Crippen molar-refractivity contribution in [3.63, 3.8) is 0 Å². The van der Waals surface area contributed by atoms with Crippen LogP contribution in [0, 0.1) is 0 Å². The van der Waals surface area contributed by atoms with Crippen molar-refractivity contribution >= 4 is 67.9 Å². The van der Waals surface area contributed by atoms with E-state index in [1.54, 1.807) is 12.1 Å². The number of aromatic nitrogens is 4. The summed E-state index contributed by atoms with van der Waals surface area (Å²) in [5.74, 6) is 0.335. The highest BCUT2D eigenvalue weighted by atomic mass is 35.5. The Labute approximate surface area is 209 Å². The second-order valence-corrected chi connectivity index (χ2v) is 9.42. The molecule has 0 aliphatic heterocycles. The van der Waals surface area contributed by atoms with Gasteiger partial charge in [-0.25, -0.2) is 4.98 Å². The van der Waals surface area contributed by atoms with E-state index in [0.717, 1.165) is 15.8 Å². The first-order valence-corrected chi connectivity index (χ1v) is 12.6. The third kappa shape index (κ3) is 6.02. The number of hydrogen-bond acceptors (Lipinski definition) is 7. The van der Waals surface area contributed by atoms with Gasteiger partial charge in [-0.15, -0.1) is 10.2 Å². The van der Waals surface area contributed by atoms with E-state index in [2.05, 4.69) is 25.8 Å². The lowest BCUT2D eigenvalue weighted by Crippen LogP contribution is -2.22. The quantitative estimate of drug-likeness (QED) is 0.250. The van der Waals surface area contributed by atoms with Gasteiger partial charge in [-0.3, -0.25) is 9.59 Å². The fourth-order valence-corrected chi connectivity index (χ4v) is 4.99. The third-order valence-corrected chi connectivity index (χ3v) is 6.99.